The van der Waals surface area contributed by atoms with E-state index in [1.54, 1.807) is 6.20 Å². The summed E-state index contributed by atoms with van der Waals surface area (Å²) in [6.07, 6.45) is 4.32. The largest absolute Gasteiger partial charge is 0.477 e. The average molecular weight is 290 g/mol. The van der Waals surface area contributed by atoms with E-state index in [9.17, 15) is 0 Å². The van der Waals surface area contributed by atoms with E-state index in [1.165, 1.54) is 12.8 Å². The van der Waals surface area contributed by atoms with Crippen LogP contribution >= 0.6 is 0 Å². The van der Waals surface area contributed by atoms with E-state index in [2.05, 4.69) is 14.9 Å². The molecule has 0 amide bonds. The Morgan fingerprint density at radius 1 is 1.43 bits per heavy atom. The first kappa shape index (κ1) is 14.1. The Labute approximate surface area is 125 Å². The summed E-state index contributed by atoms with van der Waals surface area (Å²) in [7, 11) is 0. The highest BCUT2D eigenvalue weighted by molar-refractivity contribution is 5.78. The molecule has 21 heavy (non-hydrogen) atoms. The first-order valence-corrected chi connectivity index (χ1v) is 7.51. The quantitative estimate of drug-likeness (QED) is 0.647. The number of ether oxygens (including phenoxy) is 2. The molecule has 1 saturated carbocycles. The van der Waals surface area contributed by atoms with Crippen LogP contribution in [-0.2, 0) is 11.3 Å². The third kappa shape index (κ3) is 4.32. The number of aliphatic imine (C=N–C) groups is 1. The van der Waals surface area contributed by atoms with E-state index in [0.29, 0.717) is 31.6 Å². The Kier molecular flexibility index (Phi) is 4.55. The number of morpholine rings is 1. The van der Waals surface area contributed by atoms with Gasteiger partial charge in [-0.05, 0) is 30.4 Å². The van der Waals surface area contributed by atoms with Gasteiger partial charge in [0.25, 0.3) is 0 Å². The third-order valence-electron chi connectivity index (χ3n) is 3.72. The van der Waals surface area contributed by atoms with Gasteiger partial charge >= 0.3 is 0 Å². The molecule has 114 valence electrons. The Morgan fingerprint density at radius 3 is 3.00 bits per heavy atom. The van der Waals surface area contributed by atoms with Crippen LogP contribution in [0.4, 0.5) is 0 Å². The van der Waals surface area contributed by atoms with Crippen LogP contribution in [0.2, 0.25) is 0 Å². The van der Waals surface area contributed by atoms with Crippen LogP contribution in [0, 0.1) is 5.92 Å². The molecule has 0 spiro atoms. The SMILES string of the molecule is NC(=NCc1ccnc(OCC2CC2)c1)N1CCOCC1. The molecule has 6 nitrogen and oxygen atoms in total. The first-order valence-electron chi connectivity index (χ1n) is 7.51. The number of aromatic nitrogens is 1. The lowest BCUT2D eigenvalue weighted by atomic mass is 10.3. The molecule has 0 radical (unpaired) electrons. The second-order valence-electron chi connectivity index (χ2n) is 5.53. The molecule has 1 aliphatic carbocycles. The van der Waals surface area contributed by atoms with Crippen molar-refractivity contribution in [3.05, 3.63) is 23.9 Å². The number of guanidine groups is 1. The molecule has 2 fully saturated rings. The molecule has 2 N–H and O–H groups in total. The predicted octanol–water partition coefficient (Wildman–Crippen LogP) is 1.02. The summed E-state index contributed by atoms with van der Waals surface area (Å²) in [5, 5.41) is 0. The molecule has 0 unspecified atom stereocenters. The van der Waals surface area contributed by atoms with Crippen LogP contribution in [0.1, 0.15) is 18.4 Å². The summed E-state index contributed by atoms with van der Waals surface area (Å²) >= 11 is 0. The number of rotatable bonds is 5. The zero-order valence-corrected chi connectivity index (χ0v) is 12.2. The van der Waals surface area contributed by atoms with E-state index in [-0.39, 0.29) is 0 Å². The Hall–Kier alpha value is -1.82. The van der Waals surface area contributed by atoms with Gasteiger partial charge in [-0.1, -0.05) is 0 Å². The minimum absolute atomic E-state index is 0.547. The Balaban J connectivity index is 1.54. The average Bonchev–Trinajstić information content (AvgIpc) is 3.36. The van der Waals surface area contributed by atoms with Gasteiger partial charge in [-0.2, -0.15) is 0 Å². The van der Waals surface area contributed by atoms with E-state index in [4.69, 9.17) is 15.2 Å². The van der Waals surface area contributed by atoms with Crippen molar-refractivity contribution in [2.75, 3.05) is 32.9 Å². The Morgan fingerprint density at radius 2 is 2.24 bits per heavy atom. The molecule has 2 heterocycles. The van der Waals surface area contributed by atoms with E-state index >= 15 is 0 Å². The molecule has 0 aromatic carbocycles. The maximum Gasteiger partial charge on any atom is 0.213 e. The molecule has 1 aromatic rings. The zero-order chi connectivity index (χ0) is 14.5. The van der Waals surface area contributed by atoms with Crippen molar-refractivity contribution in [2.24, 2.45) is 16.6 Å². The smallest absolute Gasteiger partial charge is 0.213 e. The van der Waals surface area contributed by atoms with Crippen molar-refractivity contribution in [2.45, 2.75) is 19.4 Å². The second kappa shape index (κ2) is 6.76. The molecule has 2 aliphatic rings. The predicted molar refractivity (Wildman–Crippen MR) is 80.2 cm³/mol. The van der Waals surface area contributed by atoms with E-state index in [1.807, 2.05) is 12.1 Å². The molecule has 0 bridgehead atoms. The molecule has 0 atom stereocenters. The molecule has 1 aliphatic heterocycles. The standard InChI is InChI=1S/C15H22N4O2/c16-15(19-5-7-20-8-6-19)18-10-13-3-4-17-14(9-13)21-11-12-1-2-12/h3-4,9,12H,1-2,5-8,10-11H2,(H2,16,18). The molecular weight excluding hydrogens is 268 g/mol. The van der Waals surface area contributed by atoms with Crippen LogP contribution in [0.25, 0.3) is 0 Å². The van der Waals surface area contributed by atoms with Crippen molar-refractivity contribution in [1.29, 1.82) is 0 Å². The molecule has 6 heteroatoms. The highest BCUT2D eigenvalue weighted by atomic mass is 16.5. The van der Waals surface area contributed by atoms with Gasteiger partial charge in [0.15, 0.2) is 5.96 Å². The van der Waals surface area contributed by atoms with Crippen LogP contribution in [-0.4, -0.2) is 48.8 Å². The lowest BCUT2D eigenvalue weighted by Gasteiger charge is -2.27. The minimum Gasteiger partial charge on any atom is -0.477 e. The van der Waals surface area contributed by atoms with Gasteiger partial charge in [0.1, 0.15) is 0 Å². The fourth-order valence-corrected chi connectivity index (χ4v) is 2.18. The summed E-state index contributed by atoms with van der Waals surface area (Å²) in [5.41, 5.74) is 7.08. The summed E-state index contributed by atoms with van der Waals surface area (Å²) in [6, 6.07) is 3.89. The fraction of sp³-hybridized carbons (Fsp3) is 0.600. The van der Waals surface area contributed by atoms with Gasteiger partial charge in [-0.15, -0.1) is 0 Å². The normalized spacial score (nSPS) is 19.6. The molecular formula is C15H22N4O2. The van der Waals surface area contributed by atoms with Crippen molar-refractivity contribution < 1.29 is 9.47 Å². The fourth-order valence-electron chi connectivity index (χ4n) is 2.18. The van der Waals surface area contributed by atoms with Gasteiger partial charge in [-0.3, -0.25) is 0 Å². The number of nitrogens with two attached hydrogens (primary N) is 1. The van der Waals surface area contributed by atoms with Crippen LogP contribution < -0.4 is 10.5 Å². The zero-order valence-electron chi connectivity index (χ0n) is 12.2. The summed E-state index contributed by atoms with van der Waals surface area (Å²) < 4.78 is 11.0. The first-order chi connectivity index (χ1) is 10.3. The van der Waals surface area contributed by atoms with E-state index in [0.717, 1.165) is 31.2 Å². The van der Waals surface area contributed by atoms with Crippen LogP contribution in [0.15, 0.2) is 23.3 Å². The maximum absolute atomic E-state index is 6.01. The second-order valence-corrected chi connectivity index (χ2v) is 5.53. The van der Waals surface area contributed by atoms with Gasteiger partial charge in [-0.25, -0.2) is 9.98 Å². The van der Waals surface area contributed by atoms with E-state index < -0.39 is 0 Å². The lowest BCUT2D eigenvalue weighted by molar-refractivity contribution is 0.0674. The van der Waals surface area contributed by atoms with Crippen LogP contribution in [0.3, 0.4) is 0 Å². The van der Waals surface area contributed by atoms with Crippen molar-refractivity contribution in [3.8, 4) is 5.88 Å². The van der Waals surface area contributed by atoms with Gasteiger partial charge in [0, 0.05) is 25.4 Å². The number of hydrogen-bond acceptors (Lipinski definition) is 4. The summed E-state index contributed by atoms with van der Waals surface area (Å²) in [5.74, 6) is 1.99. The highest BCUT2D eigenvalue weighted by Gasteiger charge is 2.22. The van der Waals surface area contributed by atoms with Gasteiger partial charge in [0.05, 0.1) is 26.4 Å². The van der Waals surface area contributed by atoms with Gasteiger partial charge < -0.3 is 20.1 Å². The van der Waals surface area contributed by atoms with Gasteiger partial charge in [0.2, 0.25) is 5.88 Å². The number of nitrogens with zero attached hydrogens (tertiary/aromatic N) is 3. The number of hydrogen-bond donors (Lipinski definition) is 1. The number of pyridine rings is 1. The van der Waals surface area contributed by atoms with Crippen LogP contribution in [0.5, 0.6) is 5.88 Å². The molecule has 1 saturated heterocycles. The summed E-state index contributed by atoms with van der Waals surface area (Å²) in [4.78, 5) is 10.7. The highest BCUT2D eigenvalue weighted by Crippen LogP contribution is 2.29. The van der Waals surface area contributed by atoms with Crippen molar-refractivity contribution in [1.82, 2.24) is 9.88 Å². The minimum atomic E-state index is 0.547. The topological polar surface area (TPSA) is 73.0 Å². The molecule has 3 rings (SSSR count). The monoisotopic (exact) mass is 290 g/mol. The summed E-state index contributed by atoms with van der Waals surface area (Å²) in [6.45, 7) is 4.36. The van der Waals surface area contributed by atoms with Crippen molar-refractivity contribution in [3.63, 3.8) is 0 Å². The third-order valence-corrected chi connectivity index (χ3v) is 3.72. The lowest BCUT2D eigenvalue weighted by Crippen LogP contribution is -2.44. The Bertz CT molecular complexity index is 496. The van der Waals surface area contributed by atoms with Crippen molar-refractivity contribution >= 4 is 5.96 Å². The maximum atomic E-state index is 6.01. The molecule has 1 aromatic heterocycles.